The Hall–Kier alpha value is -2.56. The first kappa shape index (κ1) is 19.8. The van der Waals surface area contributed by atoms with Crippen molar-refractivity contribution in [2.75, 3.05) is 26.7 Å². The first-order chi connectivity index (χ1) is 12.4. The van der Waals surface area contributed by atoms with Crippen LogP contribution in [0.25, 0.3) is 0 Å². The minimum atomic E-state index is -4.42. The van der Waals surface area contributed by atoms with Gasteiger partial charge in [0.1, 0.15) is 0 Å². The zero-order chi connectivity index (χ0) is 19.0. The molecule has 0 aliphatic rings. The Labute approximate surface area is 151 Å². The molecule has 0 aliphatic heterocycles. The van der Waals surface area contributed by atoms with Crippen LogP contribution in [0.1, 0.15) is 21.3 Å². The molecule has 2 aromatic rings. The average molecular weight is 389 g/mol. The maximum atomic E-state index is 12.5. The van der Waals surface area contributed by atoms with E-state index in [1.807, 2.05) is 0 Å². The standard InChI is InChI=1S/C15H18F3N5O2S/c1-19-14(22-7-6-20-13(24)10-3-2-8-25-10)21-5-4-12-23-11(9-26-12)15(16,17)18/h2-3,8-9H,4-7H2,1H3,(H,20,24)(H2,19,21,22). The molecule has 3 N–H and O–H groups in total. The molecular formula is C15H18F3N5O2S. The van der Waals surface area contributed by atoms with Gasteiger partial charge in [0.25, 0.3) is 5.91 Å². The van der Waals surface area contributed by atoms with Gasteiger partial charge in [-0.25, -0.2) is 4.98 Å². The van der Waals surface area contributed by atoms with E-state index in [1.165, 1.54) is 6.26 Å². The van der Waals surface area contributed by atoms with Crippen molar-refractivity contribution in [3.8, 4) is 0 Å². The minimum Gasteiger partial charge on any atom is -0.459 e. The second-order valence-electron chi connectivity index (χ2n) is 5.03. The minimum absolute atomic E-state index is 0.231. The molecule has 0 spiro atoms. The molecule has 0 fully saturated rings. The number of alkyl halides is 3. The van der Waals surface area contributed by atoms with Gasteiger partial charge >= 0.3 is 6.18 Å². The van der Waals surface area contributed by atoms with Gasteiger partial charge in [0.15, 0.2) is 17.4 Å². The third-order valence-electron chi connectivity index (χ3n) is 3.15. The first-order valence-corrected chi connectivity index (χ1v) is 8.56. The quantitative estimate of drug-likeness (QED) is 0.382. The predicted molar refractivity (Wildman–Crippen MR) is 91.2 cm³/mol. The van der Waals surface area contributed by atoms with Gasteiger partial charge in [-0.3, -0.25) is 9.79 Å². The number of carbonyl (C=O) groups excluding carboxylic acids is 1. The maximum Gasteiger partial charge on any atom is 0.434 e. The molecule has 0 bridgehead atoms. The van der Waals surface area contributed by atoms with Gasteiger partial charge in [0.05, 0.1) is 11.3 Å². The molecule has 1 amide bonds. The number of nitrogens with zero attached hydrogens (tertiary/aromatic N) is 2. The van der Waals surface area contributed by atoms with Crippen LogP contribution in [-0.4, -0.2) is 43.5 Å². The Bertz CT molecular complexity index is 728. The Morgan fingerprint density at radius 1 is 1.27 bits per heavy atom. The Morgan fingerprint density at radius 2 is 2.00 bits per heavy atom. The molecule has 0 saturated carbocycles. The summed E-state index contributed by atoms with van der Waals surface area (Å²) in [6, 6.07) is 3.19. The maximum absolute atomic E-state index is 12.5. The lowest BCUT2D eigenvalue weighted by atomic mass is 10.4. The largest absolute Gasteiger partial charge is 0.459 e. The number of amides is 1. The molecule has 0 atom stereocenters. The number of aromatic nitrogens is 1. The third-order valence-corrected chi connectivity index (χ3v) is 4.05. The number of thiazole rings is 1. The lowest BCUT2D eigenvalue weighted by molar-refractivity contribution is -0.140. The fourth-order valence-corrected chi connectivity index (χ4v) is 2.72. The highest BCUT2D eigenvalue weighted by atomic mass is 32.1. The summed E-state index contributed by atoms with van der Waals surface area (Å²) in [5, 5.41) is 10.0. The van der Waals surface area contributed by atoms with E-state index < -0.39 is 11.9 Å². The third kappa shape index (κ3) is 6.06. The smallest absolute Gasteiger partial charge is 0.434 e. The lowest BCUT2D eigenvalue weighted by Crippen LogP contribution is -2.42. The van der Waals surface area contributed by atoms with Crippen molar-refractivity contribution in [2.45, 2.75) is 12.6 Å². The van der Waals surface area contributed by atoms with E-state index in [-0.39, 0.29) is 11.7 Å². The monoisotopic (exact) mass is 389 g/mol. The zero-order valence-corrected chi connectivity index (χ0v) is 14.7. The number of aliphatic imine (C=N–C) groups is 1. The van der Waals surface area contributed by atoms with Crippen LogP contribution in [0.15, 0.2) is 33.2 Å². The number of rotatable bonds is 7. The van der Waals surface area contributed by atoms with Gasteiger partial charge in [-0.05, 0) is 12.1 Å². The average Bonchev–Trinajstić information content (AvgIpc) is 3.27. The van der Waals surface area contributed by atoms with Crippen molar-refractivity contribution in [3.63, 3.8) is 0 Å². The van der Waals surface area contributed by atoms with Gasteiger partial charge in [-0.2, -0.15) is 13.2 Å². The fourth-order valence-electron chi connectivity index (χ4n) is 1.92. The predicted octanol–water partition coefficient (Wildman–Crippen LogP) is 1.89. The topological polar surface area (TPSA) is 91.5 Å². The molecule has 0 aliphatic carbocycles. The molecule has 7 nitrogen and oxygen atoms in total. The number of furan rings is 1. The second-order valence-corrected chi connectivity index (χ2v) is 5.98. The second kappa shape index (κ2) is 9.22. The summed E-state index contributed by atoms with van der Waals surface area (Å²) in [7, 11) is 1.57. The van der Waals surface area contributed by atoms with E-state index in [2.05, 4.69) is 25.9 Å². The molecule has 0 aromatic carbocycles. The van der Waals surface area contributed by atoms with Gasteiger partial charge in [0, 0.05) is 38.5 Å². The highest BCUT2D eigenvalue weighted by Gasteiger charge is 2.33. The van der Waals surface area contributed by atoms with Crippen LogP contribution >= 0.6 is 11.3 Å². The van der Waals surface area contributed by atoms with Gasteiger partial charge < -0.3 is 20.4 Å². The molecule has 142 valence electrons. The molecule has 2 rings (SSSR count). The highest BCUT2D eigenvalue weighted by molar-refractivity contribution is 7.09. The SMILES string of the molecule is CN=C(NCCNC(=O)c1ccco1)NCCc1nc(C(F)(F)F)cs1. The van der Waals surface area contributed by atoms with Crippen molar-refractivity contribution < 1.29 is 22.4 Å². The van der Waals surface area contributed by atoms with Crippen LogP contribution in [0, 0.1) is 0 Å². The van der Waals surface area contributed by atoms with Gasteiger partial charge in [-0.15, -0.1) is 11.3 Å². The van der Waals surface area contributed by atoms with E-state index in [9.17, 15) is 18.0 Å². The van der Waals surface area contributed by atoms with Crippen molar-refractivity contribution in [1.29, 1.82) is 0 Å². The van der Waals surface area contributed by atoms with Crippen LogP contribution in [0.5, 0.6) is 0 Å². The Kier molecular flexibility index (Phi) is 7.01. The Balaban J connectivity index is 1.65. The van der Waals surface area contributed by atoms with E-state index in [1.54, 1.807) is 19.2 Å². The van der Waals surface area contributed by atoms with E-state index in [0.29, 0.717) is 37.0 Å². The number of guanidine groups is 1. The summed E-state index contributed by atoms with van der Waals surface area (Å²) in [5.41, 5.74) is -0.868. The van der Waals surface area contributed by atoms with Crippen LogP contribution in [0.4, 0.5) is 13.2 Å². The highest BCUT2D eigenvalue weighted by Crippen LogP contribution is 2.29. The molecule has 2 aromatic heterocycles. The molecule has 0 unspecified atom stereocenters. The van der Waals surface area contributed by atoms with Gasteiger partial charge in [0.2, 0.25) is 0 Å². The van der Waals surface area contributed by atoms with Crippen LogP contribution in [-0.2, 0) is 12.6 Å². The molecule has 0 saturated heterocycles. The van der Waals surface area contributed by atoms with Crippen LogP contribution < -0.4 is 16.0 Å². The molecule has 26 heavy (non-hydrogen) atoms. The van der Waals surface area contributed by atoms with Crippen LogP contribution in [0.3, 0.4) is 0 Å². The summed E-state index contributed by atoms with van der Waals surface area (Å²) < 4.78 is 42.4. The Morgan fingerprint density at radius 3 is 2.62 bits per heavy atom. The molecular weight excluding hydrogens is 371 g/mol. The van der Waals surface area contributed by atoms with Crippen molar-refractivity contribution in [2.24, 2.45) is 4.99 Å². The van der Waals surface area contributed by atoms with E-state index in [4.69, 9.17) is 4.42 Å². The van der Waals surface area contributed by atoms with E-state index >= 15 is 0 Å². The number of nitrogens with one attached hydrogen (secondary N) is 3. The van der Waals surface area contributed by atoms with Crippen LogP contribution in [0.2, 0.25) is 0 Å². The fraction of sp³-hybridized carbons (Fsp3) is 0.400. The summed E-state index contributed by atoms with van der Waals surface area (Å²) in [6.45, 7) is 1.15. The zero-order valence-electron chi connectivity index (χ0n) is 13.9. The summed E-state index contributed by atoms with van der Waals surface area (Å²) in [5.74, 6) is 0.392. The normalized spacial score (nSPS) is 12.1. The number of carbonyl (C=O) groups is 1. The van der Waals surface area contributed by atoms with Crippen molar-refractivity contribution >= 4 is 23.2 Å². The summed E-state index contributed by atoms with van der Waals surface area (Å²) in [6.07, 6.45) is -2.66. The van der Waals surface area contributed by atoms with Gasteiger partial charge in [-0.1, -0.05) is 0 Å². The van der Waals surface area contributed by atoms with Crippen molar-refractivity contribution in [1.82, 2.24) is 20.9 Å². The molecule has 2 heterocycles. The summed E-state index contributed by atoms with van der Waals surface area (Å²) in [4.78, 5) is 19.2. The molecule has 11 heteroatoms. The molecule has 0 radical (unpaired) electrons. The van der Waals surface area contributed by atoms with Crippen molar-refractivity contribution in [3.05, 3.63) is 40.2 Å². The summed E-state index contributed by atoms with van der Waals surface area (Å²) >= 11 is 0.971. The number of hydrogen-bond acceptors (Lipinski definition) is 5. The lowest BCUT2D eigenvalue weighted by Gasteiger charge is -2.11. The number of halogens is 3. The first-order valence-electron chi connectivity index (χ1n) is 7.68. The van der Waals surface area contributed by atoms with E-state index in [0.717, 1.165) is 16.7 Å². The number of hydrogen-bond donors (Lipinski definition) is 3.